The molecule has 0 bridgehead atoms. The van der Waals surface area contributed by atoms with E-state index in [9.17, 15) is 0 Å². The lowest BCUT2D eigenvalue weighted by atomic mass is 10.1. The van der Waals surface area contributed by atoms with E-state index < -0.39 is 0 Å². The van der Waals surface area contributed by atoms with Crippen LogP contribution < -0.4 is 0 Å². The number of hydrogen-bond acceptors (Lipinski definition) is 1. The fourth-order valence-electron chi connectivity index (χ4n) is 1.61. The summed E-state index contributed by atoms with van der Waals surface area (Å²) in [6.07, 6.45) is 1.14. The Bertz CT molecular complexity index is 285. The molecular formula is C10H11BrO. The first-order chi connectivity index (χ1) is 5.83. The van der Waals surface area contributed by atoms with Crippen LogP contribution in [0.4, 0.5) is 0 Å². The van der Waals surface area contributed by atoms with E-state index in [0.717, 1.165) is 6.42 Å². The second kappa shape index (κ2) is 3.19. The standard InChI is InChI=1S/C10H11BrO/c11-10-4-2-1-3-8(10)9-5-7(9)6-12/h1-4,7,9,12H,5-6H2/t7-,9+/m1/s1. The van der Waals surface area contributed by atoms with Crippen molar-refractivity contribution in [2.24, 2.45) is 5.92 Å². The molecule has 0 spiro atoms. The van der Waals surface area contributed by atoms with Crippen molar-refractivity contribution in [2.45, 2.75) is 12.3 Å². The second-order valence-electron chi connectivity index (χ2n) is 3.31. The Morgan fingerprint density at radius 1 is 1.42 bits per heavy atom. The maximum absolute atomic E-state index is 8.91. The first-order valence-electron chi connectivity index (χ1n) is 4.18. The molecule has 0 unspecified atom stereocenters. The van der Waals surface area contributed by atoms with Gasteiger partial charge in [-0.25, -0.2) is 0 Å². The summed E-state index contributed by atoms with van der Waals surface area (Å²) in [7, 11) is 0. The van der Waals surface area contributed by atoms with Gasteiger partial charge in [-0.05, 0) is 29.9 Å². The highest BCUT2D eigenvalue weighted by Gasteiger charge is 2.38. The van der Waals surface area contributed by atoms with Gasteiger partial charge in [0.1, 0.15) is 0 Å². The van der Waals surface area contributed by atoms with Gasteiger partial charge in [0.25, 0.3) is 0 Å². The molecule has 1 N–H and O–H groups in total. The number of aliphatic hydroxyl groups is 1. The van der Waals surface area contributed by atoms with Crippen LogP contribution >= 0.6 is 15.9 Å². The summed E-state index contributed by atoms with van der Waals surface area (Å²) in [5, 5.41) is 8.91. The minimum atomic E-state index is 0.325. The van der Waals surface area contributed by atoms with Crippen LogP contribution in [0.25, 0.3) is 0 Å². The van der Waals surface area contributed by atoms with Crippen molar-refractivity contribution >= 4 is 15.9 Å². The molecule has 0 radical (unpaired) electrons. The molecule has 1 aromatic carbocycles. The molecule has 1 saturated carbocycles. The SMILES string of the molecule is OC[C@H]1C[C@@H]1c1ccccc1Br. The molecule has 1 aromatic rings. The van der Waals surface area contributed by atoms with E-state index in [0.29, 0.717) is 18.4 Å². The molecule has 1 nitrogen and oxygen atoms in total. The van der Waals surface area contributed by atoms with E-state index in [4.69, 9.17) is 5.11 Å². The number of hydrogen-bond donors (Lipinski definition) is 1. The average molecular weight is 227 g/mol. The summed E-state index contributed by atoms with van der Waals surface area (Å²) >= 11 is 3.51. The van der Waals surface area contributed by atoms with Gasteiger partial charge in [0, 0.05) is 11.1 Å². The normalized spacial score (nSPS) is 27.2. The molecule has 1 fully saturated rings. The Balaban J connectivity index is 2.19. The summed E-state index contributed by atoms with van der Waals surface area (Å²) in [4.78, 5) is 0. The number of halogens is 1. The third-order valence-corrected chi connectivity index (χ3v) is 3.18. The van der Waals surface area contributed by atoms with Crippen molar-refractivity contribution in [3.63, 3.8) is 0 Å². The van der Waals surface area contributed by atoms with Gasteiger partial charge in [-0.3, -0.25) is 0 Å². The third-order valence-electron chi connectivity index (χ3n) is 2.46. The monoisotopic (exact) mass is 226 g/mol. The fraction of sp³-hybridized carbons (Fsp3) is 0.400. The average Bonchev–Trinajstić information content (AvgIpc) is 2.84. The number of aliphatic hydroxyl groups excluding tert-OH is 1. The van der Waals surface area contributed by atoms with Crippen LogP contribution in [0.5, 0.6) is 0 Å². The van der Waals surface area contributed by atoms with Gasteiger partial charge >= 0.3 is 0 Å². The van der Waals surface area contributed by atoms with Crippen LogP contribution in [0, 0.1) is 5.92 Å². The largest absolute Gasteiger partial charge is 0.396 e. The molecule has 12 heavy (non-hydrogen) atoms. The topological polar surface area (TPSA) is 20.2 Å². The van der Waals surface area contributed by atoms with Crippen LogP contribution in [0.2, 0.25) is 0 Å². The lowest BCUT2D eigenvalue weighted by molar-refractivity contribution is 0.274. The fourth-order valence-corrected chi connectivity index (χ4v) is 2.18. The van der Waals surface area contributed by atoms with Crippen molar-refractivity contribution in [1.29, 1.82) is 0 Å². The van der Waals surface area contributed by atoms with Gasteiger partial charge in [0.05, 0.1) is 0 Å². The van der Waals surface area contributed by atoms with Gasteiger partial charge in [0.15, 0.2) is 0 Å². The zero-order valence-electron chi connectivity index (χ0n) is 6.70. The first-order valence-corrected chi connectivity index (χ1v) is 4.97. The summed E-state index contributed by atoms with van der Waals surface area (Å²) in [5.74, 6) is 1.09. The van der Waals surface area contributed by atoms with Crippen LogP contribution in [0.1, 0.15) is 17.9 Å². The second-order valence-corrected chi connectivity index (χ2v) is 4.16. The lowest BCUT2D eigenvalue weighted by Crippen LogP contribution is -1.89. The summed E-state index contributed by atoms with van der Waals surface area (Å²) < 4.78 is 1.17. The molecular weight excluding hydrogens is 216 g/mol. The van der Waals surface area contributed by atoms with E-state index in [2.05, 4.69) is 28.1 Å². The predicted octanol–water partition coefficient (Wildman–Crippen LogP) is 2.54. The van der Waals surface area contributed by atoms with Crippen molar-refractivity contribution in [2.75, 3.05) is 6.61 Å². The molecule has 0 amide bonds. The minimum absolute atomic E-state index is 0.325. The van der Waals surface area contributed by atoms with E-state index in [-0.39, 0.29) is 0 Å². The molecule has 2 heteroatoms. The zero-order valence-corrected chi connectivity index (χ0v) is 8.29. The maximum atomic E-state index is 8.91. The smallest absolute Gasteiger partial charge is 0.0465 e. The van der Waals surface area contributed by atoms with E-state index in [1.807, 2.05) is 12.1 Å². The Hall–Kier alpha value is -0.340. The summed E-state index contributed by atoms with van der Waals surface area (Å²) in [6.45, 7) is 0.325. The third kappa shape index (κ3) is 1.41. The highest BCUT2D eigenvalue weighted by molar-refractivity contribution is 9.10. The molecule has 0 saturated heterocycles. The van der Waals surface area contributed by atoms with Crippen molar-refractivity contribution in [3.8, 4) is 0 Å². The number of rotatable bonds is 2. The van der Waals surface area contributed by atoms with Gasteiger partial charge in [-0.15, -0.1) is 0 Å². The minimum Gasteiger partial charge on any atom is -0.396 e. The Kier molecular flexibility index (Phi) is 2.20. The molecule has 64 valence electrons. The van der Waals surface area contributed by atoms with Crippen molar-refractivity contribution in [1.82, 2.24) is 0 Å². The van der Waals surface area contributed by atoms with Crippen molar-refractivity contribution in [3.05, 3.63) is 34.3 Å². The van der Waals surface area contributed by atoms with Gasteiger partial charge < -0.3 is 5.11 Å². The molecule has 2 atom stereocenters. The Morgan fingerprint density at radius 2 is 2.17 bits per heavy atom. The van der Waals surface area contributed by atoms with Crippen LogP contribution in [0.15, 0.2) is 28.7 Å². The molecule has 1 aliphatic carbocycles. The van der Waals surface area contributed by atoms with E-state index in [1.165, 1.54) is 10.0 Å². The molecule has 2 rings (SSSR count). The highest BCUT2D eigenvalue weighted by atomic mass is 79.9. The predicted molar refractivity (Wildman–Crippen MR) is 52.1 cm³/mol. The summed E-state index contributed by atoms with van der Waals surface area (Å²) in [5.41, 5.74) is 1.34. The maximum Gasteiger partial charge on any atom is 0.0465 e. The van der Waals surface area contributed by atoms with E-state index >= 15 is 0 Å². The van der Waals surface area contributed by atoms with Crippen molar-refractivity contribution < 1.29 is 5.11 Å². The molecule has 0 aromatic heterocycles. The summed E-state index contributed by atoms with van der Waals surface area (Å²) in [6, 6.07) is 8.25. The molecule has 0 aliphatic heterocycles. The number of benzene rings is 1. The highest BCUT2D eigenvalue weighted by Crippen LogP contribution is 2.48. The van der Waals surface area contributed by atoms with E-state index in [1.54, 1.807) is 0 Å². The quantitative estimate of drug-likeness (QED) is 0.823. The molecule has 0 heterocycles. The Labute approximate surface area is 80.5 Å². The van der Waals surface area contributed by atoms with Gasteiger partial charge in [-0.2, -0.15) is 0 Å². The van der Waals surface area contributed by atoms with Crippen LogP contribution in [-0.4, -0.2) is 11.7 Å². The van der Waals surface area contributed by atoms with Gasteiger partial charge in [0.2, 0.25) is 0 Å². The first kappa shape index (κ1) is 8.27. The van der Waals surface area contributed by atoms with Crippen LogP contribution in [-0.2, 0) is 0 Å². The van der Waals surface area contributed by atoms with Crippen LogP contribution in [0.3, 0.4) is 0 Å². The zero-order chi connectivity index (χ0) is 8.55. The van der Waals surface area contributed by atoms with Gasteiger partial charge in [-0.1, -0.05) is 34.1 Å². The lowest BCUT2D eigenvalue weighted by Gasteiger charge is -2.01. The molecule has 1 aliphatic rings. The Morgan fingerprint density at radius 3 is 2.75 bits per heavy atom.